The average molecular weight is 272 g/mol. The lowest BCUT2D eigenvalue weighted by molar-refractivity contribution is 0.277. The summed E-state index contributed by atoms with van der Waals surface area (Å²) in [5, 5.41) is 3.54. The van der Waals surface area contributed by atoms with E-state index in [4.69, 9.17) is 0 Å². The first-order valence-electron chi connectivity index (χ1n) is 8.14. The highest BCUT2D eigenvalue weighted by Crippen LogP contribution is 2.38. The lowest BCUT2D eigenvalue weighted by Gasteiger charge is -2.26. The van der Waals surface area contributed by atoms with E-state index in [9.17, 15) is 0 Å². The smallest absolute Gasteiger partial charge is 0.0449 e. The van der Waals surface area contributed by atoms with Crippen LogP contribution in [0.2, 0.25) is 0 Å². The molecule has 1 aliphatic carbocycles. The third-order valence-electron chi connectivity index (χ3n) is 5.40. The summed E-state index contributed by atoms with van der Waals surface area (Å²) in [5.41, 5.74) is 4.25. The van der Waals surface area contributed by atoms with Crippen LogP contribution in [0.5, 0.6) is 0 Å². The monoisotopic (exact) mass is 272 g/mol. The van der Waals surface area contributed by atoms with Crippen LogP contribution < -0.4 is 5.32 Å². The number of rotatable bonds is 4. The number of aryl methyl sites for hydroxylation is 2. The molecule has 0 spiro atoms. The molecule has 1 N–H and O–H groups in total. The highest BCUT2D eigenvalue weighted by atomic mass is 15.2. The highest BCUT2D eigenvalue weighted by Gasteiger charge is 2.36. The van der Waals surface area contributed by atoms with Crippen LogP contribution in [0.15, 0.2) is 18.2 Å². The molecule has 2 aliphatic rings. The number of hydrogen-bond acceptors (Lipinski definition) is 2. The number of benzene rings is 1. The van der Waals surface area contributed by atoms with E-state index < -0.39 is 0 Å². The fourth-order valence-electron chi connectivity index (χ4n) is 4.22. The Morgan fingerprint density at radius 2 is 1.90 bits per heavy atom. The number of nitrogens with one attached hydrogen (secondary N) is 1. The standard InChI is InChI=1S/C18H28N2/c1-13-7-8-14(2)17(9-13)18(19-3)12-20-10-15-5-4-6-16(15)11-20/h7-9,15-16,18-19H,4-6,10-12H2,1-3H3. The molecular weight excluding hydrogens is 244 g/mol. The minimum absolute atomic E-state index is 0.466. The van der Waals surface area contributed by atoms with E-state index in [0.29, 0.717) is 6.04 Å². The number of fused-ring (bicyclic) bond motifs is 1. The van der Waals surface area contributed by atoms with Crippen LogP contribution >= 0.6 is 0 Å². The molecule has 2 heteroatoms. The Bertz CT molecular complexity index is 456. The fraction of sp³-hybridized carbons (Fsp3) is 0.667. The zero-order chi connectivity index (χ0) is 14.1. The van der Waals surface area contributed by atoms with Crippen molar-refractivity contribution in [1.82, 2.24) is 10.2 Å². The first-order chi connectivity index (χ1) is 9.67. The molecule has 3 atom stereocenters. The van der Waals surface area contributed by atoms with Gasteiger partial charge in [0.05, 0.1) is 0 Å². The highest BCUT2D eigenvalue weighted by molar-refractivity contribution is 5.33. The Labute approximate surface area is 123 Å². The Morgan fingerprint density at radius 1 is 1.20 bits per heavy atom. The van der Waals surface area contributed by atoms with Gasteiger partial charge in [-0.05, 0) is 56.7 Å². The summed E-state index contributed by atoms with van der Waals surface area (Å²) in [6.07, 6.45) is 4.40. The third kappa shape index (κ3) is 2.77. The molecule has 20 heavy (non-hydrogen) atoms. The van der Waals surface area contributed by atoms with Gasteiger partial charge in [0.1, 0.15) is 0 Å². The predicted octanol–water partition coefficient (Wildman–Crippen LogP) is 3.30. The summed E-state index contributed by atoms with van der Waals surface area (Å²) < 4.78 is 0. The zero-order valence-corrected chi connectivity index (χ0v) is 13.2. The van der Waals surface area contributed by atoms with Crippen LogP contribution in [-0.2, 0) is 0 Å². The molecule has 0 aromatic heterocycles. The van der Waals surface area contributed by atoms with Crippen molar-refractivity contribution < 1.29 is 0 Å². The van der Waals surface area contributed by atoms with Crippen LogP contribution in [0.25, 0.3) is 0 Å². The molecule has 1 aromatic rings. The second kappa shape index (κ2) is 5.87. The molecule has 0 bridgehead atoms. The van der Waals surface area contributed by atoms with Gasteiger partial charge >= 0.3 is 0 Å². The molecule has 3 unspecified atom stereocenters. The van der Waals surface area contributed by atoms with Crippen molar-refractivity contribution in [3.05, 3.63) is 34.9 Å². The summed E-state index contributed by atoms with van der Waals surface area (Å²) in [5.74, 6) is 1.98. The molecule has 110 valence electrons. The molecular formula is C18H28N2. The molecule has 0 radical (unpaired) electrons. The number of hydrogen-bond donors (Lipinski definition) is 1. The van der Waals surface area contributed by atoms with Gasteiger partial charge in [-0.2, -0.15) is 0 Å². The van der Waals surface area contributed by atoms with Gasteiger partial charge in [0, 0.05) is 25.7 Å². The maximum Gasteiger partial charge on any atom is 0.0449 e. The molecule has 1 saturated carbocycles. The zero-order valence-electron chi connectivity index (χ0n) is 13.2. The quantitative estimate of drug-likeness (QED) is 0.905. The lowest BCUT2D eigenvalue weighted by Crippen LogP contribution is -2.33. The Morgan fingerprint density at radius 3 is 2.55 bits per heavy atom. The van der Waals surface area contributed by atoms with E-state index in [1.165, 1.54) is 49.0 Å². The van der Waals surface area contributed by atoms with Crippen LogP contribution in [0.1, 0.15) is 42.0 Å². The normalized spacial score (nSPS) is 27.8. The Balaban J connectivity index is 1.69. The van der Waals surface area contributed by atoms with Crippen molar-refractivity contribution in [3.63, 3.8) is 0 Å². The van der Waals surface area contributed by atoms with Gasteiger partial charge in [-0.25, -0.2) is 0 Å². The summed E-state index contributed by atoms with van der Waals surface area (Å²) in [6.45, 7) is 8.24. The number of likely N-dealkylation sites (N-methyl/N-ethyl adjacent to an activating group) is 1. The van der Waals surface area contributed by atoms with Gasteiger partial charge in [-0.15, -0.1) is 0 Å². The maximum absolute atomic E-state index is 3.54. The minimum atomic E-state index is 0.466. The molecule has 1 aliphatic heterocycles. The first kappa shape index (κ1) is 14.1. The predicted molar refractivity (Wildman–Crippen MR) is 85.0 cm³/mol. The molecule has 1 heterocycles. The molecule has 3 rings (SSSR count). The Kier molecular flexibility index (Phi) is 4.13. The van der Waals surface area contributed by atoms with Gasteiger partial charge in [-0.1, -0.05) is 30.2 Å². The topological polar surface area (TPSA) is 15.3 Å². The molecule has 1 aromatic carbocycles. The van der Waals surface area contributed by atoms with Gasteiger partial charge < -0.3 is 10.2 Å². The summed E-state index contributed by atoms with van der Waals surface area (Å²) in [4.78, 5) is 2.69. The van der Waals surface area contributed by atoms with E-state index in [-0.39, 0.29) is 0 Å². The maximum atomic E-state index is 3.54. The lowest BCUT2D eigenvalue weighted by atomic mass is 9.98. The van der Waals surface area contributed by atoms with Crippen molar-refractivity contribution >= 4 is 0 Å². The van der Waals surface area contributed by atoms with Crippen molar-refractivity contribution in [1.29, 1.82) is 0 Å². The van der Waals surface area contributed by atoms with Crippen molar-refractivity contribution in [2.24, 2.45) is 11.8 Å². The molecule has 2 nitrogen and oxygen atoms in total. The molecule has 0 amide bonds. The number of likely N-dealkylation sites (tertiary alicyclic amines) is 1. The van der Waals surface area contributed by atoms with Gasteiger partial charge in [0.15, 0.2) is 0 Å². The average Bonchev–Trinajstić information content (AvgIpc) is 3.00. The van der Waals surface area contributed by atoms with Gasteiger partial charge in [-0.3, -0.25) is 0 Å². The summed E-state index contributed by atoms with van der Waals surface area (Å²) in [7, 11) is 2.10. The summed E-state index contributed by atoms with van der Waals surface area (Å²) in [6, 6.07) is 7.29. The van der Waals surface area contributed by atoms with Crippen LogP contribution in [0, 0.1) is 25.7 Å². The van der Waals surface area contributed by atoms with Gasteiger partial charge in [0.25, 0.3) is 0 Å². The molecule has 1 saturated heterocycles. The van der Waals surface area contributed by atoms with E-state index in [1.807, 2.05) is 0 Å². The Hall–Kier alpha value is -0.860. The van der Waals surface area contributed by atoms with E-state index >= 15 is 0 Å². The SMILES string of the molecule is CNC(CN1CC2CCCC2C1)c1cc(C)ccc1C. The van der Waals surface area contributed by atoms with Gasteiger partial charge in [0.2, 0.25) is 0 Å². The van der Waals surface area contributed by atoms with Crippen LogP contribution in [0.3, 0.4) is 0 Å². The second-order valence-electron chi connectivity index (χ2n) is 6.87. The second-order valence-corrected chi connectivity index (χ2v) is 6.87. The third-order valence-corrected chi connectivity index (χ3v) is 5.40. The summed E-state index contributed by atoms with van der Waals surface area (Å²) >= 11 is 0. The largest absolute Gasteiger partial charge is 0.312 e. The number of nitrogens with zero attached hydrogens (tertiary/aromatic N) is 1. The van der Waals surface area contributed by atoms with Crippen LogP contribution in [0.4, 0.5) is 0 Å². The first-order valence-corrected chi connectivity index (χ1v) is 8.14. The molecule has 2 fully saturated rings. The van der Waals surface area contributed by atoms with E-state index in [2.05, 4.69) is 49.3 Å². The van der Waals surface area contributed by atoms with Crippen LogP contribution in [-0.4, -0.2) is 31.6 Å². The minimum Gasteiger partial charge on any atom is -0.312 e. The van der Waals surface area contributed by atoms with Crippen molar-refractivity contribution in [2.45, 2.75) is 39.2 Å². The van der Waals surface area contributed by atoms with Crippen molar-refractivity contribution in [3.8, 4) is 0 Å². The van der Waals surface area contributed by atoms with E-state index in [0.717, 1.165) is 18.4 Å². The van der Waals surface area contributed by atoms with Crippen molar-refractivity contribution in [2.75, 3.05) is 26.7 Å². The fourth-order valence-corrected chi connectivity index (χ4v) is 4.22. The van der Waals surface area contributed by atoms with E-state index in [1.54, 1.807) is 0 Å².